The molecule has 0 bridgehead atoms. The Morgan fingerprint density at radius 1 is 1.50 bits per heavy atom. The molecule has 1 rings (SSSR count). The van der Waals surface area contributed by atoms with Gasteiger partial charge in [0.1, 0.15) is 5.60 Å². The van der Waals surface area contributed by atoms with Gasteiger partial charge in [0.05, 0.1) is 18.4 Å². The molecule has 0 saturated carbocycles. The van der Waals surface area contributed by atoms with Crippen molar-refractivity contribution < 1.29 is 9.57 Å². The van der Waals surface area contributed by atoms with E-state index in [0.717, 1.165) is 18.7 Å². The molecule has 1 atom stereocenters. The molecule has 0 aromatic heterocycles. The lowest BCUT2D eigenvalue weighted by atomic mass is 10.2. The van der Waals surface area contributed by atoms with Gasteiger partial charge >= 0.3 is 0 Å². The lowest BCUT2D eigenvalue weighted by molar-refractivity contribution is -0.000450. The van der Waals surface area contributed by atoms with Crippen molar-refractivity contribution in [2.75, 3.05) is 6.61 Å². The van der Waals surface area contributed by atoms with Gasteiger partial charge in [-0.3, -0.25) is 0 Å². The van der Waals surface area contributed by atoms with Gasteiger partial charge in [-0.25, -0.2) is 0 Å². The highest BCUT2D eigenvalue weighted by atomic mass is 16.6. The molecule has 0 aromatic rings. The first-order valence-corrected chi connectivity index (χ1v) is 4.35. The summed E-state index contributed by atoms with van der Waals surface area (Å²) in [6.07, 6.45) is 1.03. The van der Waals surface area contributed by atoms with Crippen LogP contribution in [0.3, 0.4) is 0 Å². The number of hydrogen-bond acceptors (Lipinski definition) is 3. The monoisotopic (exact) mass is 171 g/mol. The predicted molar refractivity (Wildman–Crippen MR) is 48.3 cm³/mol. The summed E-state index contributed by atoms with van der Waals surface area (Å²) in [6, 6.07) is 0. The van der Waals surface area contributed by atoms with Gasteiger partial charge in [-0.1, -0.05) is 5.16 Å². The second-order valence-corrected chi connectivity index (χ2v) is 4.05. The van der Waals surface area contributed by atoms with E-state index in [4.69, 9.17) is 9.57 Å². The Morgan fingerprint density at radius 3 is 2.58 bits per heavy atom. The fourth-order valence-corrected chi connectivity index (χ4v) is 0.955. The smallest absolute Gasteiger partial charge is 0.129 e. The Labute approximate surface area is 73.7 Å². The normalized spacial score (nSPS) is 28.0. The van der Waals surface area contributed by atoms with Crippen LogP contribution in [0.25, 0.3) is 0 Å². The van der Waals surface area contributed by atoms with E-state index in [1.54, 1.807) is 0 Å². The van der Waals surface area contributed by atoms with E-state index < -0.39 is 0 Å². The fourth-order valence-electron chi connectivity index (χ4n) is 0.955. The molecule has 1 heterocycles. The summed E-state index contributed by atoms with van der Waals surface area (Å²) in [5.74, 6) is 0. The van der Waals surface area contributed by atoms with Crippen LogP contribution in [-0.4, -0.2) is 24.0 Å². The molecule has 1 unspecified atom stereocenters. The highest BCUT2D eigenvalue weighted by Gasteiger charge is 2.20. The largest absolute Gasteiger partial charge is 0.390 e. The lowest BCUT2D eigenvalue weighted by Gasteiger charge is -2.16. The minimum atomic E-state index is -0.199. The van der Waals surface area contributed by atoms with Gasteiger partial charge in [0.2, 0.25) is 0 Å². The molecule has 0 N–H and O–H groups in total. The van der Waals surface area contributed by atoms with E-state index in [1.165, 1.54) is 0 Å². The zero-order chi connectivity index (χ0) is 9.19. The summed E-state index contributed by atoms with van der Waals surface area (Å²) in [7, 11) is 0. The van der Waals surface area contributed by atoms with Crippen LogP contribution in [0.2, 0.25) is 0 Å². The Balaban J connectivity index is 2.46. The number of oxime groups is 1. The molecular formula is C9H17NO2. The second-order valence-electron chi connectivity index (χ2n) is 4.05. The fraction of sp³-hybridized carbons (Fsp3) is 0.889. The molecule has 0 radical (unpaired) electrons. The van der Waals surface area contributed by atoms with E-state index in [9.17, 15) is 0 Å². The average Bonchev–Trinajstić information content (AvgIpc) is 2.29. The first-order chi connectivity index (χ1) is 5.49. The molecule has 0 amide bonds. The molecule has 3 heteroatoms. The molecule has 3 nitrogen and oxygen atoms in total. The minimum absolute atomic E-state index is 0.132. The van der Waals surface area contributed by atoms with Crippen molar-refractivity contribution in [3.63, 3.8) is 0 Å². The van der Waals surface area contributed by atoms with Crippen LogP contribution in [0, 0.1) is 0 Å². The van der Waals surface area contributed by atoms with Crippen molar-refractivity contribution >= 4 is 5.71 Å². The molecule has 0 aromatic carbocycles. The van der Waals surface area contributed by atoms with Crippen LogP contribution in [0.1, 0.15) is 34.1 Å². The first kappa shape index (κ1) is 9.52. The maximum Gasteiger partial charge on any atom is 0.129 e. The van der Waals surface area contributed by atoms with Crippen LogP contribution >= 0.6 is 0 Å². The Kier molecular flexibility index (Phi) is 2.73. The molecule has 1 saturated heterocycles. The van der Waals surface area contributed by atoms with E-state index >= 15 is 0 Å². The highest BCUT2D eigenvalue weighted by molar-refractivity contribution is 5.89. The van der Waals surface area contributed by atoms with Crippen LogP contribution < -0.4 is 0 Å². The summed E-state index contributed by atoms with van der Waals surface area (Å²) < 4.78 is 5.32. The third-order valence-corrected chi connectivity index (χ3v) is 1.63. The van der Waals surface area contributed by atoms with Crippen LogP contribution in [0.4, 0.5) is 0 Å². The topological polar surface area (TPSA) is 30.8 Å². The number of ether oxygens (including phenoxy) is 1. The van der Waals surface area contributed by atoms with Crippen LogP contribution in [0.15, 0.2) is 5.16 Å². The molecule has 0 spiro atoms. The van der Waals surface area contributed by atoms with E-state index in [2.05, 4.69) is 5.16 Å². The maximum absolute atomic E-state index is 5.32. The number of hydrogen-bond donors (Lipinski definition) is 0. The van der Waals surface area contributed by atoms with Gasteiger partial charge in [-0.15, -0.1) is 0 Å². The van der Waals surface area contributed by atoms with E-state index in [-0.39, 0.29) is 11.7 Å². The van der Waals surface area contributed by atoms with Gasteiger partial charge < -0.3 is 9.57 Å². The quantitative estimate of drug-likeness (QED) is 0.565. The zero-order valence-electron chi connectivity index (χ0n) is 8.26. The van der Waals surface area contributed by atoms with Gasteiger partial charge in [-0.2, -0.15) is 0 Å². The molecule has 1 aliphatic rings. The van der Waals surface area contributed by atoms with Crippen molar-refractivity contribution in [2.45, 2.75) is 45.8 Å². The summed E-state index contributed by atoms with van der Waals surface area (Å²) >= 11 is 0. The highest BCUT2D eigenvalue weighted by Crippen LogP contribution is 2.13. The minimum Gasteiger partial charge on any atom is -0.390 e. The third kappa shape index (κ3) is 2.81. The van der Waals surface area contributed by atoms with Gasteiger partial charge in [0.25, 0.3) is 0 Å². The average molecular weight is 171 g/mol. The predicted octanol–water partition coefficient (Wildman–Crippen LogP) is 1.97. The molecule has 12 heavy (non-hydrogen) atoms. The van der Waals surface area contributed by atoms with Crippen LogP contribution in [-0.2, 0) is 9.57 Å². The summed E-state index contributed by atoms with van der Waals surface area (Å²) in [5, 5.41) is 4.07. The number of rotatable bonds is 1. The van der Waals surface area contributed by atoms with E-state index in [0.29, 0.717) is 0 Å². The van der Waals surface area contributed by atoms with Crippen molar-refractivity contribution in [2.24, 2.45) is 5.16 Å². The molecular weight excluding hydrogens is 154 g/mol. The van der Waals surface area contributed by atoms with Gasteiger partial charge in [0.15, 0.2) is 0 Å². The van der Waals surface area contributed by atoms with E-state index in [1.807, 2.05) is 27.7 Å². The standard InChI is InChI=1S/C9H17NO2/c1-7-8(5-6-11-7)10-12-9(2,3)4/h7H,5-6H2,1-4H3/b10-8-. The van der Waals surface area contributed by atoms with Crippen molar-refractivity contribution in [3.8, 4) is 0 Å². The Morgan fingerprint density at radius 2 is 2.17 bits per heavy atom. The lowest BCUT2D eigenvalue weighted by Crippen LogP contribution is -2.19. The maximum atomic E-state index is 5.32. The number of nitrogens with zero attached hydrogens (tertiary/aromatic N) is 1. The zero-order valence-corrected chi connectivity index (χ0v) is 8.26. The molecule has 1 fully saturated rings. The molecule has 0 aliphatic carbocycles. The van der Waals surface area contributed by atoms with Gasteiger partial charge in [-0.05, 0) is 27.7 Å². The van der Waals surface area contributed by atoms with Gasteiger partial charge in [0, 0.05) is 6.42 Å². The van der Waals surface area contributed by atoms with Crippen LogP contribution in [0.5, 0.6) is 0 Å². The Hall–Kier alpha value is -0.570. The summed E-state index contributed by atoms with van der Waals surface area (Å²) in [5.41, 5.74) is 0.819. The Bertz CT molecular complexity index is 181. The SMILES string of the molecule is CC1OCC/C1=N/OC(C)(C)C. The van der Waals surface area contributed by atoms with Crippen molar-refractivity contribution in [3.05, 3.63) is 0 Å². The third-order valence-electron chi connectivity index (χ3n) is 1.63. The van der Waals surface area contributed by atoms with Crippen molar-refractivity contribution in [1.82, 2.24) is 0 Å². The summed E-state index contributed by atoms with van der Waals surface area (Å²) in [4.78, 5) is 5.29. The second kappa shape index (κ2) is 3.44. The molecule has 1 aliphatic heterocycles. The first-order valence-electron chi connectivity index (χ1n) is 4.35. The van der Waals surface area contributed by atoms with Crippen molar-refractivity contribution in [1.29, 1.82) is 0 Å². The molecule has 70 valence electrons. The summed E-state index contributed by atoms with van der Waals surface area (Å²) in [6.45, 7) is 8.72.